The van der Waals surface area contributed by atoms with Gasteiger partial charge in [0.1, 0.15) is 0 Å². The molecule has 102 valence electrons. The largest absolute Gasteiger partial charge is 0.311 e. The van der Waals surface area contributed by atoms with Crippen LogP contribution < -0.4 is 5.32 Å². The fourth-order valence-corrected chi connectivity index (χ4v) is 2.76. The normalized spacial score (nSPS) is 11.1. The Hall–Kier alpha value is -1.16. The average Bonchev–Trinajstić information content (AvgIpc) is 2.93. The highest BCUT2D eigenvalue weighted by Gasteiger charge is 2.02. The zero-order valence-corrected chi connectivity index (χ0v) is 12.5. The van der Waals surface area contributed by atoms with Crippen LogP contribution in [0.15, 0.2) is 41.8 Å². The number of likely N-dealkylation sites (N-methyl/N-ethyl adjacent to an activating group) is 1. The van der Waals surface area contributed by atoms with Crippen LogP contribution in [0.2, 0.25) is 0 Å². The van der Waals surface area contributed by atoms with Gasteiger partial charge in [-0.25, -0.2) is 0 Å². The Kier molecular flexibility index (Phi) is 5.58. The second-order valence-corrected chi connectivity index (χ2v) is 5.74. The van der Waals surface area contributed by atoms with Crippen molar-refractivity contribution in [2.45, 2.75) is 13.5 Å². The van der Waals surface area contributed by atoms with Crippen LogP contribution in [-0.4, -0.2) is 31.6 Å². The molecule has 19 heavy (non-hydrogen) atoms. The third kappa shape index (κ3) is 4.46. The van der Waals surface area contributed by atoms with E-state index in [1.54, 1.807) is 0 Å². The summed E-state index contributed by atoms with van der Waals surface area (Å²) in [7, 11) is 2.15. The summed E-state index contributed by atoms with van der Waals surface area (Å²) in [6.07, 6.45) is 0. The minimum absolute atomic E-state index is 0.967. The molecule has 0 spiro atoms. The van der Waals surface area contributed by atoms with Crippen molar-refractivity contribution in [1.29, 1.82) is 0 Å². The summed E-state index contributed by atoms with van der Waals surface area (Å²) in [6, 6.07) is 12.8. The van der Waals surface area contributed by atoms with Crippen LogP contribution in [0.4, 0.5) is 0 Å². The van der Waals surface area contributed by atoms with Crippen molar-refractivity contribution < 1.29 is 0 Å². The van der Waals surface area contributed by atoms with E-state index in [1.165, 1.54) is 16.0 Å². The van der Waals surface area contributed by atoms with E-state index in [4.69, 9.17) is 0 Å². The van der Waals surface area contributed by atoms with E-state index < -0.39 is 0 Å². The predicted octanol–water partition coefficient (Wildman–Crippen LogP) is 3.46. The summed E-state index contributed by atoms with van der Waals surface area (Å²) in [5.41, 5.74) is 2.63. The molecule has 2 nitrogen and oxygen atoms in total. The zero-order chi connectivity index (χ0) is 13.5. The van der Waals surface area contributed by atoms with Gasteiger partial charge in [-0.1, -0.05) is 37.3 Å². The molecule has 0 aliphatic heterocycles. The molecule has 0 aliphatic rings. The maximum absolute atomic E-state index is 3.50. The highest BCUT2D eigenvalue weighted by atomic mass is 32.1. The van der Waals surface area contributed by atoms with Gasteiger partial charge in [0.2, 0.25) is 0 Å². The molecule has 1 aromatic heterocycles. The Morgan fingerprint density at radius 3 is 2.68 bits per heavy atom. The van der Waals surface area contributed by atoms with Crippen molar-refractivity contribution in [3.8, 4) is 11.1 Å². The molecule has 0 saturated carbocycles. The third-order valence-corrected chi connectivity index (χ3v) is 4.21. The molecule has 0 unspecified atom stereocenters. The highest BCUT2D eigenvalue weighted by molar-refractivity contribution is 7.10. The minimum Gasteiger partial charge on any atom is -0.311 e. The van der Waals surface area contributed by atoms with Gasteiger partial charge >= 0.3 is 0 Å². The SMILES string of the molecule is CCN(C)CCNCc1cc(-c2ccccc2)cs1. The summed E-state index contributed by atoms with van der Waals surface area (Å²) in [6.45, 7) is 6.41. The van der Waals surface area contributed by atoms with Crippen LogP contribution in [0, 0.1) is 0 Å². The number of thiophene rings is 1. The number of nitrogens with one attached hydrogen (secondary N) is 1. The lowest BCUT2D eigenvalue weighted by atomic mass is 10.1. The van der Waals surface area contributed by atoms with E-state index in [2.05, 4.69) is 66.0 Å². The van der Waals surface area contributed by atoms with Crippen LogP contribution in [0.3, 0.4) is 0 Å². The lowest BCUT2D eigenvalue weighted by molar-refractivity contribution is 0.349. The molecule has 0 fully saturated rings. The van der Waals surface area contributed by atoms with Gasteiger partial charge in [0.25, 0.3) is 0 Å². The maximum Gasteiger partial charge on any atom is 0.0300 e. The summed E-state index contributed by atoms with van der Waals surface area (Å²) < 4.78 is 0. The molecule has 1 heterocycles. The Bertz CT molecular complexity index is 479. The first kappa shape index (κ1) is 14.3. The molecule has 0 amide bonds. The van der Waals surface area contributed by atoms with Gasteiger partial charge in [-0.05, 0) is 36.2 Å². The smallest absolute Gasteiger partial charge is 0.0300 e. The van der Waals surface area contributed by atoms with Crippen molar-refractivity contribution in [2.75, 3.05) is 26.7 Å². The minimum atomic E-state index is 0.967. The van der Waals surface area contributed by atoms with E-state index in [9.17, 15) is 0 Å². The van der Waals surface area contributed by atoms with E-state index in [-0.39, 0.29) is 0 Å². The Morgan fingerprint density at radius 2 is 1.95 bits per heavy atom. The second-order valence-electron chi connectivity index (χ2n) is 4.74. The van der Waals surface area contributed by atoms with Gasteiger partial charge in [0.15, 0.2) is 0 Å². The van der Waals surface area contributed by atoms with Gasteiger partial charge in [-0.3, -0.25) is 0 Å². The van der Waals surface area contributed by atoms with Gasteiger partial charge in [0.05, 0.1) is 0 Å². The van der Waals surface area contributed by atoms with Crippen molar-refractivity contribution in [3.05, 3.63) is 46.7 Å². The molecular weight excluding hydrogens is 252 g/mol. The van der Waals surface area contributed by atoms with Crippen LogP contribution in [0.1, 0.15) is 11.8 Å². The molecule has 0 bridgehead atoms. The third-order valence-electron chi connectivity index (χ3n) is 3.27. The fraction of sp³-hybridized carbons (Fsp3) is 0.375. The van der Waals surface area contributed by atoms with E-state index in [1.807, 2.05) is 11.3 Å². The molecule has 0 radical (unpaired) electrons. The maximum atomic E-state index is 3.50. The van der Waals surface area contributed by atoms with Crippen LogP contribution in [0.25, 0.3) is 11.1 Å². The van der Waals surface area contributed by atoms with Crippen molar-refractivity contribution in [2.24, 2.45) is 0 Å². The van der Waals surface area contributed by atoms with Crippen molar-refractivity contribution >= 4 is 11.3 Å². The molecule has 3 heteroatoms. The number of hydrogen-bond donors (Lipinski definition) is 1. The first-order chi connectivity index (χ1) is 9.29. The number of nitrogens with zero attached hydrogens (tertiary/aromatic N) is 1. The highest BCUT2D eigenvalue weighted by Crippen LogP contribution is 2.25. The molecule has 0 saturated heterocycles. The Labute approximate surface area is 120 Å². The number of hydrogen-bond acceptors (Lipinski definition) is 3. The standard InChI is InChI=1S/C16H22N2S/c1-3-18(2)10-9-17-12-16-11-15(13-19-16)14-7-5-4-6-8-14/h4-8,11,13,17H,3,9-10,12H2,1-2H3. The lowest BCUT2D eigenvalue weighted by Gasteiger charge is -2.13. The van der Waals surface area contributed by atoms with Crippen LogP contribution in [-0.2, 0) is 6.54 Å². The summed E-state index contributed by atoms with van der Waals surface area (Å²) in [5.74, 6) is 0. The quantitative estimate of drug-likeness (QED) is 0.778. The number of rotatable bonds is 7. The monoisotopic (exact) mass is 274 g/mol. The summed E-state index contributed by atoms with van der Waals surface area (Å²) in [4.78, 5) is 3.72. The van der Waals surface area contributed by atoms with Gasteiger partial charge in [0, 0.05) is 24.5 Å². The van der Waals surface area contributed by atoms with Crippen molar-refractivity contribution in [3.63, 3.8) is 0 Å². The lowest BCUT2D eigenvalue weighted by Crippen LogP contribution is -2.28. The first-order valence-electron chi connectivity index (χ1n) is 6.81. The molecule has 0 aliphatic carbocycles. The Balaban J connectivity index is 1.82. The van der Waals surface area contributed by atoms with Gasteiger partial charge < -0.3 is 10.2 Å². The summed E-state index contributed by atoms with van der Waals surface area (Å²) in [5, 5.41) is 5.74. The predicted molar refractivity (Wildman–Crippen MR) is 84.6 cm³/mol. The van der Waals surface area contributed by atoms with Crippen LogP contribution in [0.5, 0.6) is 0 Å². The van der Waals surface area contributed by atoms with Gasteiger partial charge in [-0.15, -0.1) is 11.3 Å². The molecule has 2 rings (SSSR count). The molecule has 1 aromatic carbocycles. The van der Waals surface area contributed by atoms with E-state index >= 15 is 0 Å². The van der Waals surface area contributed by atoms with Crippen molar-refractivity contribution in [1.82, 2.24) is 10.2 Å². The number of benzene rings is 1. The molecular formula is C16H22N2S. The van der Waals surface area contributed by atoms with Gasteiger partial charge in [-0.2, -0.15) is 0 Å². The van der Waals surface area contributed by atoms with E-state index in [0.29, 0.717) is 0 Å². The summed E-state index contributed by atoms with van der Waals surface area (Å²) >= 11 is 1.83. The molecule has 1 N–H and O–H groups in total. The first-order valence-corrected chi connectivity index (χ1v) is 7.69. The topological polar surface area (TPSA) is 15.3 Å². The molecule has 2 aromatic rings. The molecule has 0 atom stereocenters. The van der Waals surface area contributed by atoms with Crippen LogP contribution >= 0.6 is 11.3 Å². The second kappa shape index (κ2) is 7.43. The Morgan fingerprint density at radius 1 is 1.16 bits per heavy atom. The van der Waals surface area contributed by atoms with E-state index in [0.717, 1.165) is 26.2 Å². The average molecular weight is 274 g/mol. The zero-order valence-electron chi connectivity index (χ0n) is 11.7. The fourth-order valence-electron chi connectivity index (χ4n) is 1.89.